The maximum atomic E-state index is 5.22. The third-order valence-electron chi connectivity index (χ3n) is 0.963. The smallest absolute Gasteiger partial charge is 0.365 e. The average Bonchev–Trinajstić information content (AvgIpc) is 1.88. The fourth-order valence-corrected chi connectivity index (χ4v) is 3.03. The van der Waals surface area contributed by atoms with Gasteiger partial charge in [0.2, 0.25) is 0 Å². The van der Waals surface area contributed by atoms with E-state index in [2.05, 4.69) is 0 Å². The maximum absolute atomic E-state index is 5.22. The first kappa shape index (κ1) is 11.4. The molecule has 0 N–H and O–H groups in total. The summed E-state index contributed by atoms with van der Waals surface area (Å²) in [6, 6.07) is 0. The van der Waals surface area contributed by atoms with Crippen LogP contribution in [0.5, 0.6) is 0 Å². The lowest BCUT2D eigenvalue weighted by Crippen LogP contribution is -2.40. The Morgan fingerprint density at radius 3 is 1.36 bits per heavy atom. The second-order valence-electron chi connectivity index (χ2n) is 1.80. The first-order valence-electron chi connectivity index (χ1n) is 3.80. The molecule has 0 fully saturated rings. The van der Waals surface area contributed by atoms with Gasteiger partial charge in [0, 0.05) is 19.8 Å². The van der Waals surface area contributed by atoms with Crippen LogP contribution in [0.2, 0.25) is 0 Å². The molecule has 0 atom stereocenters. The summed E-state index contributed by atoms with van der Waals surface area (Å²) < 4.78 is 15.7. The van der Waals surface area contributed by atoms with Gasteiger partial charge in [-0.2, -0.15) is 0 Å². The molecular weight excluding hydrogens is 180 g/mol. The lowest BCUT2D eigenvalue weighted by Gasteiger charge is -2.21. The summed E-state index contributed by atoms with van der Waals surface area (Å²) >= 11 is 5.07. The molecule has 0 heterocycles. The SMILES string of the molecule is CCO[Si]([S])(OCC)OCC. The van der Waals surface area contributed by atoms with Crippen molar-refractivity contribution >= 4 is 20.0 Å². The van der Waals surface area contributed by atoms with Gasteiger partial charge in [0.25, 0.3) is 0 Å². The van der Waals surface area contributed by atoms with E-state index < -0.39 is 7.95 Å². The largest absolute Gasteiger partial charge is 0.583 e. The zero-order chi connectivity index (χ0) is 8.74. The van der Waals surface area contributed by atoms with Crippen molar-refractivity contribution in [3.63, 3.8) is 0 Å². The molecule has 0 aliphatic carbocycles. The standard InChI is InChI=1S/C6H15O3SSi/c1-4-7-11(10,8-5-2)9-6-3/h4-6H2,1-3H3. The second-order valence-corrected chi connectivity index (χ2v) is 5.17. The molecule has 0 saturated heterocycles. The highest BCUT2D eigenvalue weighted by Crippen LogP contribution is 2.13. The molecule has 0 aliphatic rings. The van der Waals surface area contributed by atoms with E-state index in [-0.39, 0.29) is 0 Å². The Hall–Kier alpha value is 0.447. The molecule has 0 rings (SSSR count). The Balaban J connectivity index is 3.79. The normalized spacial score (nSPS) is 12.0. The van der Waals surface area contributed by atoms with E-state index in [4.69, 9.17) is 25.4 Å². The molecule has 0 spiro atoms. The van der Waals surface area contributed by atoms with Crippen molar-refractivity contribution in [3.05, 3.63) is 0 Å². The van der Waals surface area contributed by atoms with Crippen molar-refractivity contribution in [3.8, 4) is 0 Å². The van der Waals surface area contributed by atoms with E-state index in [1.54, 1.807) is 0 Å². The topological polar surface area (TPSA) is 27.7 Å². The summed E-state index contributed by atoms with van der Waals surface area (Å²) in [6.45, 7) is 7.30. The summed E-state index contributed by atoms with van der Waals surface area (Å²) in [4.78, 5) is 0. The Kier molecular flexibility index (Phi) is 6.26. The molecule has 0 unspecified atom stereocenters. The Labute approximate surface area is 74.5 Å². The zero-order valence-electron chi connectivity index (χ0n) is 7.25. The van der Waals surface area contributed by atoms with Crippen LogP contribution in [-0.4, -0.2) is 27.8 Å². The lowest BCUT2D eigenvalue weighted by atomic mass is 10.9. The fraction of sp³-hybridized carbons (Fsp3) is 1.00. The third-order valence-corrected chi connectivity index (χ3v) is 3.95. The van der Waals surface area contributed by atoms with E-state index in [9.17, 15) is 0 Å². The van der Waals surface area contributed by atoms with Gasteiger partial charge in [-0.05, 0) is 32.8 Å². The predicted molar refractivity (Wildman–Crippen MR) is 48.2 cm³/mol. The number of hydrogen-bond acceptors (Lipinski definition) is 3. The number of hydrogen-bond donors (Lipinski definition) is 0. The van der Waals surface area contributed by atoms with Gasteiger partial charge in [-0.25, -0.2) is 0 Å². The molecule has 0 aromatic heterocycles. The molecule has 5 heteroatoms. The van der Waals surface area contributed by atoms with Gasteiger partial charge >= 0.3 is 7.95 Å². The van der Waals surface area contributed by atoms with Crippen LogP contribution in [-0.2, 0) is 13.3 Å². The van der Waals surface area contributed by atoms with E-state index in [0.29, 0.717) is 19.8 Å². The van der Waals surface area contributed by atoms with Crippen LogP contribution in [0, 0.1) is 0 Å². The monoisotopic (exact) mass is 195 g/mol. The fourth-order valence-electron chi connectivity index (χ4n) is 0.655. The summed E-state index contributed by atoms with van der Waals surface area (Å²) in [7, 11) is -2.67. The van der Waals surface area contributed by atoms with Crippen LogP contribution in [0.15, 0.2) is 0 Å². The first-order valence-corrected chi connectivity index (χ1v) is 6.66. The average molecular weight is 195 g/mol. The van der Waals surface area contributed by atoms with Crippen LogP contribution < -0.4 is 0 Å². The quantitative estimate of drug-likeness (QED) is 0.604. The Morgan fingerprint density at radius 1 is 0.909 bits per heavy atom. The van der Waals surface area contributed by atoms with Crippen LogP contribution in [0.4, 0.5) is 0 Å². The van der Waals surface area contributed by atoms with Crippen molar-refractivity contribution < 1.29 is 13.3 Å². The molecule has 0 aromatic rings. The molecule has 0 aliphatic heterocycles. The van der Waals surface area contributed by atoms with Crippen LogP contribution in [0.3, 0.4) is 0 Å². The predicted octanol–water partition coefficient (Wildman–Crippen LogP) is 1.73. The van der Waals surface area contributed by atoms with Gasteiger partial charge in [-0.15, -0.1) is 0 Å². The Morgan fingerprint density at radius 2 is 1.18 bits per heavy atom. The molecule has 67 valence electrons. The molecule has 0 saturated carbocycles. The highest BCUT2D eigenvalue weighted by molar-refractivity contribution is 8.11. The maximum Gasteiger partial charge on any atom is 0.583 e. The van der Waals surface area contributed by atoms with Crippen molar-refractivity contribution in [2.24, 2.45) is 0 Å². The van der Waals surface area contributed by atoms with Gasteiger partial charge in [-0.3, -0.25) is 0 Å². The van der Waals surface area contributed by atoms with Crippen molar-refractivity contribution in [2.75, 3.05) is 19.8 Å². The zero-order valence-corrected chi connectivity index (χ0v) is 9.07. The molecule has 0 aromatic carbocycles. The highest BCUT2D eigenvalue weighted by atomic mass is 32.3. The van der Waals surface area contributed by atoms with Crippen LogP contribution >= 0.6 is 12.1 Å². The first-order chi connectivity index (χ1) is 5.18. The van der Waals surface area contributed by atoms with Crippen LogP contribution in [0.1, 0.15) is 20.8 Å². The Bertz CT molecular complexity index is 84.8. The minimum Gasteiger partial charge on any atom is -0.365 e. The van der Waals surface area contributed by atoms with Crippen molar-refractivity contribution in [2.45, 2.75) is 20.8 Å². The van der Waals surface area contributed by atoms with Gasteiger partial charge in [0.05, 0.1) is 0 Å². The van der Waals surface area contributed by atoms with Gasteiger partial charge in [-0.1, -0.05) is 0 Å². The van der Waals surface area contributed by atoms with Gasteiger partial charge in [0.15, 0.2) is 0 Å². The molecule has 0 bridgehead atoms. The highest BCUT2D eigenvalue weighted by Gasteiger charge is 2.37. The van der Waals surface area contributed by atoms with E-state index in [1.807, 2.05) is 20.8 Å². The molecule has 11 heavy (non-hydrogen) atoms. The summed E-state index contributed by atoms with van der Waals surface area (Å²) in [5.74, 6) is 0. The summed E-state index contributed by atoms with van der Waals surface area (Å²) in [5, 5.41) is 0. The van der Waals surface area contributed by atoms with E-state index in [1.165, 1.54) is 0 Å². The second kappa shape index (κ2) is 6.02. The van der Waals surface area contributed by atoms with Gasteiger partial charge in [0.1, 0.15) is 0 Å². The van der Waals surface area contributed by atoms with E-state index in [0.717, 1.165) is 0 Å². The molecule has 1 radical (unpaired) electrons. The van der Waals surface area contributed by atoms with E-state index >= 15 is 0 Å². The van der Waals surface area contributed by atoms with Crippen molar-refractivity contribution in [1.82, 2.24) is 0 Å². The minimum absolute atomic E-state index is 0.551. The van der Waals surface area contributed by atoms with Crippen LogP contribution in [0.25, 0.3) is 0 Å². The minimum atomic E-state index is -2.67. The summed E-state index contributed by atoms with van der Waals surface area (Å²) in [6.07, 6.45) is 0. The summed E-state index contributed by atoms with van der Waals surface area (Å²) in [5.41, 5.74) is 0. The lowest BCUT2D eigenvalue weighted by molar-refractivity contribution is 0.0973. The number of rotatable bonds is 6. The molecule has 3 nitrogen and oxygen atoms in total. The molecule has 0 amide bonds. The van der Waals surface area contributed by atoms with Gasteiger partial charge < -0.3 is 13.3 Å². The molecular formula is C6H15O3SSi. The van der Waals surface area contributed by atoms with Crippen molar-refractivity contribution in [1.29, 1.82) is 0 Å². The third kappa shape index (κ3) is 4.81.